The Labute approximate surface area is 97.4 Å². The third kappa shape index (κ3) is 2.59. The number of aliphatic hydroxyl groups excluding tert-OH is 1. The molecule has 2 rings (SSSR count). The van der Waals surface area contributed by atoms with Crippen molar-refractivity contribution in [1.29, 1.82) is 0 Å². The number of alkyl halides is 3. The fourth-order valence-corrected chi connectivity index (χ4v) is 2.21. The van der Waals surface area contributed by atoms with Gasteiger partial charge in [0.15, 0.2) is 5.13 Å². The summed E-state index contributed by atoms with van der Waals surface area (Å²) in [5.41, 5.74) is 6.09. The number of benzene rings is 1. The summed E-state index contributed by atoms with van der Waals surface area (Å²) in [6.07, 6.45) is -4.77. The molecule has 1 aromatic carbocycles. The van der Waals surface area contributed by atoms with Crippen LogP contribution in [0, 0.1) is 0 Å². The summed E-state index contributed by atoms with van der Waals surface area (Å²) in [4.78, 5) is 3.92. The predicted octanol–water partition coefficient (Wildman–Crippen LogP) is 2.27. The maximum absolute atomic E-state index is 12.1. The molecule has 0 radical (unpaired) electrons. The van der Waals surface area contributed by atoms with Gasteiger partial charge in [0, 0.05) is 11.6 Å². The van der Waals surface area contributed by atoms with Crippen LogP contribution in [0.3, 0.4) is 0 Å². The average molecular weight is 264 g/mol. The molecule has 1 heterocycles. The monoisotopic (exact) mass is 264 g/mol. The molecule has 0 aliphatic heterocycles. The van der Waals surface area contributed by atoms with Gasteiger partial charge >= 0.3 is 6.36 Å². The number of hydrogen-bond donors (Lipinski definition) is 2. The third-order valence-corrected chi connectivity index (χ3v) is 2.80. The molecular weight excluding hydrogens is 257 g/mol. The number of nitrogen functional groups attached to an aromatic ring is 1. The van der Waals surface area contributed by atoms with Crippen molar-refractivity contribution in [1.82, 2.24) is 4.98 Å². The molecule has 17 heavy (non-hydrogen) atoms. The van der Waals surface area contributed by atoms with E-state index in [9.17, 15) is 13.2 Å². The maximum Gasteiger partial charge on any atom is 0.573 e. The van der Waals surface area contributed by atoms with Crippen molar-refractivity contribution in [3.05, 3.63) is 17.7 Å². The molecule has 0 saturated carbocycles. The van der Waals surface area contributed by atoms with Crippen LogP contribution in [0.25, 0.3) is 10.2 Å². The van der Waals surface area contributed by atoms with Crippen LogP contribution in [-0.4, -0.2) is 16.5 Å². The molecule has 2 aromatic rings. The molecule has 0 saturated heterocycles. The van der Waals surface area contributed by atoms with E-state index in [1.807, 2.05) is 0 Å². The lowest BCUT2D eigenvalue weighted by Gasteiger charge is -2.09. The first-order valence-corrected chi connectivity index (χ1v) is 5.26. The Balaban J connectivity index is 2.52. The van der Waals surface area contributed by atoms with Gasteiger partial charge in [-0.3, -0.25) is 0 Å². The maximum atomic E-state index is 12.1. The number of fused-ring (bicyclic) bond motifs is 1. The van der Waals surface area contributed by atoms with Crippen LogP contribution in [0.4, 0.5) is 18.3 Å². The summed E-state index contributed by atoms with van der Waals surface area (Å²) in [7, 11) is 0. The van der Waals surface area contributed by atoms with Gasteiger partial charge in [-0.15, -0.1) is 13.2 Å². The Hall–Kier alpha value is -1.54. The third-order valence-electron chi connectivity index (χ3n) is 1.97. The number of aromatic nitrogens is 1. The van der Waals surface area contributed by atoms with Gasteiger partial charge in [-0.2, -0.15) is 0 Å². The highest BCUT2D eigenvalue weighted by Gasteiger charge is 2.31. The summed E-state index contributed by atoms with van der Waals surface area (Å²) in [6, 6.07) is 2.28. The predicted molar refractivity (Wildman–Crippen MR) is 56.6 cm³/mol. The summed E-state index contributed by atoms with van der Waals surface area (Å²) >= 11 is 1.03. The van der Waals surface area contributed by atoms with E-state index in [1.54, 1.807) is 0 Å². The van der Waals surface area contributed by atoms with Crippen LogP contribution in [0.5, 0.6) is 5.75 Å². The summed E-state index contributed by atoms with van der Waals surface area (Å²) < 4.78 is 40.4. The van der Waals surface area contributed by atoms with Gasteiger partial charge in [-0.25, -0.2) is 4.98 Å². The minimum absolute atomic E-state index is 0.221. The van der Waals surface area contributed by atoms with E-state index in [1.165, 1.54) is 6.07 Å². The molecule has 4 nitrogen and oxygen atoms in total. The SMILES string of the molecule is Nc1nc2c(CO)cc(OC(F)(F)F)cc2s1. The second-order valence-electron chi connectivity index (χ2n) is 3.19. The summed E-state index contributed by atoms with van der Waals surface area (Å²) in [6.45, 7) is -0.436. The molecule has 92 valence electrons. The molecular formula is C9H7F3N2O2S. The highest BCUT2D eigenvalue weighted by molar-refractivity contribution is 7.22. The quantitative estimate of drug-likeness (QED) is 0.873. The van der Waals surface area contributed by atoms with E-state index in [4.69, 9.17) is 10.8 Å². The number of nitrogens with two attached hydrogens (primary N) is 1. The molecule has 0 bridgehead atoms. The first-order chi connectivity index (χ1) is 7.89. The average Bonchev–Trinajstić information content (AvgIpc) is 2.54. The number of thiazole rings is 1. The number of rotatable bonds is 2. The second-order valence-corrected chi connectivity index (χ2v) is 4.25. The van der Waals surface area contributed by atoms with Crippen LogP contribution in [0.15, 0.2) is 12.1 Å². The van der Waals surface area contributed by atoms with Gasteiger partial charge in [-0.1, -0.05) is 11.3 Å². The number of ether oxygens (including phenoxy) is 1. The molecule has 8 heteroatoms. The zero-order chi connectivity index (χ0) is 12.6. The van der Waals surface area contributed by atoms with Crippen molar-refractivity contribution in [2.45, 2.75) is 13.0 Å². The fourth-order valence-electron chi connectivity index (χ4n) is 1.40. The van der Waals surface area contributed by atoms with E-state index in [2.05, 4.69) is 9.72 Å². The Morgan fingerprint density at radius 3 is 2.71 bits per heavy atom. The van der Waals surface area contributed by atoms with Crippen molar-refractivity contribution >= 4 is 26.7 Å². The van der Waals surface area contributed by atoms with Crippen LogP contribution < -0.4 is 10.5 Å². The standard InChI is InChI=1S/C9H7F3N2O2S/c10-9(11,12)16-5-1-4(3-15)7-6(2-5)17-8(13)14-7/h1-2,15H,3H2,(H2,13,14). The summed E-state index contributed by atoms with van der Waals surface area (Å²) in [5.74, 6) is -0.391. The highest BCUT2D eigenvalue weighted by atomic mass is 32.1. The second kappa shape index (κ2) is 4.04. The van der Waals surface area contributed by atoms with Crippen LogP contribution in [0.1, 0.15) is 5.56 Å². The number of anilines is 1. The van der Waals surface area contributed by atoms with E-state index in [0.717, 1.165) is 17.4 Å². The van der Waals surface area contributed by atoms with Crippen LogP contribution in [-0.2, 0) is 6.61 Å². The van der Waals surface area contributed by atoms with Gasteiger partial charge in [-0.05, 0) is 6.07 Å². The largest absolute Gasteiger partial charge is 0.573 e. The number of aliphatic hydroxyl groups is 1. The Bertz CT molecular complexity index is 553. The Kier molecular flexibility index (Phi) is 2.84. The number of nitrogens with zero attached hydrogens (tertiary/aromatic N) is 1. The van der Waals surface area contributed by atoms with Crippen molar-refractivity contribution in [3.8, 4) is 5.75 Å². The number of halogens is 3. The normalized spacial score (nSPS) is 12.0. The molecule has 0 amide bonds. The van der Waals surface area contributed by atoms with Crippen molar-refractivity contribution < 1.29 is 23.0 Å². The molecule has 0 aliphatic rings. The Morgan fingerprint density at radius 1 is 1.41 bits per heavy atom. The van der Waals surface area contributed by atoms with Gasteiger partial charge in [0.1, 0.15) is 5.75 Å². The zero-order valence-electron chi connectivity index (χ0n) is 8.28. The van der Waals surface area contributed by atoms with Gasteiger partial charge < -0.3 is 15.6 Å². The van der Waals surface area contributed by atoms with Gasteiger partial charge in [0.25, 0.3) is 0 Å². The van der Waals surface area contributed by atoms with E-state index >= 15 is 0 Å². The molecule has 0 atom stereocenters. The molecule has 0 spiro atoms. The number of hydrogen-bond acceptors (Lipinski definition) is 5. The lowest BCUT2D eigenvalue weighted by atomic mass is 10.2. The minimum Gasteiger partial charge on any atom is -0.406 e. The van der Waals surface area contributed by atoms with E-state index < -0.39 is 18.7 Å². The molecule has 1 aromatic heterocycles. The van der Waals surface area contributed by atoms with E-state index in [0.29, 0.717) is 10.2 Å². The van der Waals surface area contributed by atoms with Gasteiger partial charge in [0.2, 0.25) is 0 Å². The topological polar surface area (TPSA) is 68.4 Å². The molecule has 0 fully saturated rings. The smallest absolute Gasteiger partial charge is 0.406 e. The molecule has 3 N–H and O–H groups in total. The van der Waals surface area contributed by atoms with Crippen molar-refractivity contribution in [2.75, 3.05) is 5.73 Å². The van der Waals surface area contributed by atoms with Crippen LogP contribution >= 0.6 is 11.3 Å². The first kappa shape index (κ1) is 11.9. The van der Waals surface area contributed by atoms with Gasteiger partial charge in [0.05, 0.1) is 16.8 Å². The molecule has 0 unspecified atom stereocenters. The zero-order valence-corrected chi connectivity index (χ0v) is 9.10. The fraction of sp³-hybridized carbons (Fsp3) is 0.222. The lowest BCUT2D eigenvalue weighted by Crippen LogP contribution is -2.17. The molecule has 0 aliphatic carbocycles. The first-order valence-electron chi connectivity index (χ1n) is 4.44. The van der Waals surface area contributed by atoms with E-state index in [-0.39, 0.29) is 10.7 Å². The van der Waals surface area contributed by atoms with Crippen LogP contribution in [0.2, 0.25) is 0 Å². The Morgan fingerprint density at radius 2 is 2.12 bits per heavy atom. The van der Waals surface area contributed by atoms with Crippen molar-refractivity contribution in [2.24, 2.45) is 0 Å². The summed E-state index contributed by atoms with van der Waals surface area (Å²) in [5, 5.41) is 9.28. The minimum atomic E-state index is -4.77. The highest BCUT2D eigenvalue weighted by Crippen LogP contribution is 2.33. The van der Waals surface area contributed by atoms with Crippen molar-refractivity contribution in [3.63, 3.8) is 0 Å². The lowest BCUT2D eigenvalue weighted by molar-refractivity contribution is -0.274.